The zero-order valence-electron chi connectivity index (χ0n) is 11.0. The van der Waals surface area contributed by atoms with Crippen molar-refractivity contribution in [2.45, 2.75) is 31.9 Å². The predicted octanol–water partition coefficient (Wildman–Crippen LogP) is 3.16. The van der Waals surface area contributed by atoms with Crippen LogP contribution in [-0.4, -0.2) is 13.2 Å². The molecule has 3 heteroatoms. The average Bonchev–Trinajstić information content (AvgIpc) is 2.28. The third-order valence-electron chi connectivity index (χ3n) is 2.48. The first kappa shape index (κ1) is 14.5. The lowest BCUT2D eigenvalue weighted by Crippen LogP contribution is -2.28. The fourth-order valence-electron chi connectivity index (χ4n) is 1.29. The van der Waals surface area contributed by atoms with Crippen LogP contribution in [0.4, 0.5) is 0 Å². The maximum atomic E-state index is 12.0. The van der Waals surface area contributed by atoms with Crippen LogP contribution in [0.1, 0.15) is 32.8 Å². The van der Waals surface area contributed by atoms with Gasteiger partial charge in [0.2, 0.25) is 0 Å². The van der Waals surface area contributed by atoms with E-state index < -0.39 is 14.6 Å². The molecule has 0 aromatic heterocycles. The molecule has 0 heterocycles. The molecule has 0 saturated carbocycles. The summed E-state index contributed by atoms with van der Waals surface area (Å²) in [6.07, 6.45) is 0.175. The molecule has 0 aliphatic carbocycles. The lowest BCUT2D eigenvalue weighted by molar-refractivity contribution is 0.566. The Morgan fingerprint density at radius 3 is 2.28 bits per heavy atom. The molecule has 0 saturated heterocycles. The van der Waals surface area contributed by atoms with Gasteiger partial charge in [-0.05, 0) is 32.9 Å². The van der Waals surface area contributed by atoms with Crippen molar-refractivity contribution >= 4 is 9.84 Å². The maximum Gasteiger partial charge on any atom is 0.179 e. The third kappa shape index (κ3) is 3.48. The quantitative estimate of drug-likeness (QED) is 0.767. The standard InChI is InChI=1S/C15H18O2S/c1-13(18(16,17)15(2,3)4)9-8-12-14-10-6-5-7-11-14/h5-7,10-11H,1,9H2,2-4H3. The molecule has 1 rings (SSSR count). The Morgan fingerprint density at radius 2 is 1.78 bits per heavy atom. The van der Waals surface area contributed by atoms with Gasteiger partial charge in [-0.3, -0.25) is 0 Å². The molecule has 0 spiro atoms. The molecule has 96 valence electrons. The van der Waals surface area contributed by atoms with Gasteiger partial charge < -0.3 is 0 Å². The molecule has 0 fully saturated rings. The molecule has 0 amide bonds. The second-order valence-corrected chi connectivity index (χ2v) is 7.81. The van der Waals surface area contributed by atoms with Crippen LogP contribution in [0.5, 0.6) is 0 Å². The van der Waals surface area contributed by atoms with Crippen molar-refractivity contribution in [3.63, 3.8) is 0 Å². The minimum atomic E-state index is -3.33. The summed E-state index contributed by atoms with van der Waals surface area (Å²) in [4.78, 5) is 0.179. The predicted molar refractivity (Wildman–Crippen MR) is 75.7 cm³/mol. The van der Waals surface area contributed by atoms with Crippen molar-refractivity contribution in [1.82, 2.24) is 0 Å². The normalized spacial score (nSPS) is 11.5. The Balaban J connectivity index is 2.78. The van der Waals surface area contributed by atoms with Crippen molar-refractivity contribution in [2.24, 2.45) is 0 Å². The number of hydrogen-bond donors (Lipinski definition) is 0. The SMILES string of the molecule is C=C(CC#Cc1ccccc1)S(=O)(=O)C(C)(C)C. The van der Waals surface area contributed by atoms with E-state index in [9.17, 15) is 8.42 Å². The van der Waals surface area contributed by atoms with E-state index in [-0.39, 0.29) is 11.3 Å². The Morgan fingerprint density at radius 1 is 1.22 bits per heavy atom. The van der Waals surface area contributed by atoms with Crippen LogP contribution < -0.4 is 0 Å². The lowest BCUT2D eigenvalue weighted by atomic mass is 10.2. The average molecular weight is 262 g/mol. The zero-order chi connectivity index (χ0) is 13.8. The highest BCUT2D eigenvalue weighted by atomic mass is 32.2. The van der Waals surface area contributed by atoms with Gasteiger partial charge in [-0.1, -0.05) is 36.6 Å². The van der Waals surface area contributed by atoms with Gasteiger partial charge in [-0.15, -0.1) is 0 Å². The fourth-order valence-corrected chi connectivity index (χ4v) is 2.42. The van der Waals surface area contributed by atoms with Crippen LogP contribution in [0.2, 0.25) is 0 Å². The summed E-state index contributed by atoms with van der Waals surface area (Å²) >= 11 is 0. The molecule has 1 aromatic rings. The van der Waals surface area contributed by atoms with Gasteiger partial charge in [0.1, 0.15) is 0 Å². The van der Waals surface area contributed by atoms with E-state index in [2.05, 4.69) is 18.4 Å². The van der Waals surface area contributed by atoms with Crippen molar-refractivity contribution in [3.05, 3.63) is 47.4 Å². The van der Waals surface area contributed by atoms with Crippen molar-refractivity contribution in [3.8, 4) is 11.8 Å². The maximum absolute atomic E-state index is 12.0. The summed E-state index contributed by atoms with van der Waals surface area (Å²) in [5, 5.41) is 0. The van der Waals surface area contributed by atoms with Crippen LogP contribution in [0.15, 0.2) is 41.8 Å². The first-order valence-corrected chi connectivity index (χ1v) is 7.20. The minimum absolute atomic E-state index is 0.175. The van der Waals surface area contributed by atoms with E-state index in [4.69, 9.17) is 0 Å². The Labute approximate surface area is 110 Å². The Kier molecular flexibility index (Phi) is 4.37. The number of sulfone groups is 1. The number of allylic oxidation sites excluding steroid dienone is 1. The Bertz CT molecular complexity index is 579. The molecule has 0 N–H and O–H groups in total. The topological polar surface area (TPSA) is 34.1 Å². The van der Waals surface area contributed by atoms with E-state index in [1.54, 1.807) is 20.8 Å². The summed E-state index contributed by atoms with van der Waals surface area (Å²) in [6.45, 7) is 8.63. The molecular weight excluding hydrogens is 244 g/mol. The molecule has 0 atom stereocenters. The molecule has 0 aliphatic rings. The van der Waals surface area contributed by atoms with Crippen LogP contribution in [-0.2, 0) is 9.84 Å². The summed E-state index contributed by atoms with van der Waals surface area (Å²) in [7, 11) is -3.33. The first-order chi connectivity index (χ1) is 8.25. The van der Waals surface area contributed by atoms with E-state index in [0.717, 1.165) is 5.56 Å². The summed E-state index contributed by atoms with van der Waals surface area (Å²) in [6, 6.07) is 9.46. The Hall–Kier alpha value is -1.53. The van der Waals surface area contributed by atoms with Gasteiger partial charge in [0.25, 0.3) is 0 Å². The fraction of sp³-hybridized carbons (Fsp3) is 0.333. The van der Waals surface area contributed by atoms with Crippen molar-refractivity contribution in [1.29, 1.82) is 0 Å². The van der Waals surface area contributed by atoms with Gasteiger partial charge in [0.05, 0.1) is 4.75 Å². The molecule has 2 nitrogen and oxygen atoms in total. The van der Waals surface area contributed by atoms with E-state index >= 15 is 0 Å². The highest BCUT2D eigenvalue weighted by Gasteiger charge is 2.30. The van der Waals surface area contributed by atoms with Crippen molar-refractivity contribution < 1.29 is 8.42 Å². The monoisotopic (exact) mass is 262 g/mol. The van der Waals surface area contributed by atoms with Gasteiger partial charge >= 0.3 is 0 Å². The van der Waals surface area contributed by atoms with Crippen LogP contribution >= 0.6 is 0 Å². The molecule has 0 aliphatic heterocycles. The lowest BCUT2D eigenvalue weighted by Gasteiger charge is -2.19. The highest BCUT2D eigenvalue weighted by Crippen LogP contribution is 2.23. The molecule has 18 heavy (non-hydrogen) atoms. The molecule has 0 radical (unpaired) electrons. The molecule has 0 bridgehead atoms. The van der Waals surface area contributed by atoms with Crippen molar-refractivity contribution in [2.75, 3.05) is 0 Å². The first-order valence-electron chi connectivity index (χ1n) is 5.71. The second-order valence-electron chi connectivity index (χ2n) is 5.00. The smallest absolute Gasteiger partial charge is 0.179 e. The van der Waals surface area contributed by atoms with E-state index in [1.165, 1.54) is 0 Å². The summed E-state index contributed by atoms with van der Waals surface area (Å²) in [5.74, 6) is 5.77. The summed E-state index contributed by atoms with van der Waals surface area (Å²) < 4.78 is 23.2. The second kappa shape index (κ2) is 5.41. The zero-order valence-corrected chi connectivity index (χ0v) is 11.8. The third-order valence-corrected chi connectivity index (χ3v) is 5.00. The van der Waals surface area contributed by atoms with E-state index in [1.807, 2.05) is 30.3 Å². The van der Waals surface area contributed by atoms with Crippen LogP contribution in [0.25, 0.3) is 0 Å². The number of hydrogen-bond acceptors (Lipinski definition) is 2. The molecule has 1 aromatic carbocycles. The van der Waals surface area contributed by atoms with Gasteiger partial charge in [-0.2, -0.15) is 0 Å². The summed E-state index contributed by atoms with van der Waals surface area (Å²) in [5.41, 5.74) is 0.874. The van der Waals surface area contributed by atoms with Gasteiger partial charge in [0.15, 0.2) is 9.84 Å². The molecule has 0 unspecified atom stereocenters. The minimum Gasteiger partial charge on any atom is -0.223 e. The van der Waals surface area contributed by atoms with Gasteiger partial charge in [0, 0.05) is 16.9 Å². The van der Waals surface area contributed by atoms with Crippen LogP contribution in [0, 0.1) is 11.8 Å². The van der Waals surface area contributed by atoms with E-state index in [0.29, 0.717) is 0 Å². The van der Waals surface area contributed by atoms with Gasteiger partial charge in [-0.25, -0.2) is 8.42 Å². The largest absolute Gasteiger partial charge is 0.223 e. The number of rotatable bonds is 2. The molecular formula is C15H18O2S. The van der Waals surface area contributed by atoms with Crippen LogP contribution in [0.3, 0.4) is 0 Å². The number of benzene rings is 1. The highest BCUT2D eigenvalue weighted by molar-refractivity contribution is 7.96.